The molecule has 1 heterocycles. The first-order chi connectivity index (χ1) is 10.2. The van der Waals surface area contributed by atoms with Crippen LogP contribution in [-0.2, 0) is 0 Å². The van der Waals surface area contributed by atoms with Crippen LogP contribution in [0.4, 0.5) is 0 Å². The maximum absolute atomic E-state index is 12.4. The van der Waals surface area contributed by atoms with Gasteiger partial charge in [-0.1, -0.05) is 0 Å². The highest BCUT2D eigenvalue weighted by atomic mass is 16.5. The molecule has 0 saturated carbocycles. The SMILES string of the molecule is CCOc1ccc(C(=O)c2ncc(OC)nc2OC)cc1. The maximum atomic E-state index is 12.4. The van der Waals surface area contributed by atoms with Gasteiger partial charge in [0, 0.05) is 5.56 Å². The van der Waals surface area contributed by atoms with Gasteiger partial charge in [-0.2, -0.15) is 4.98 Å². The fourth-order valence-corrected chi connectivity index (χ4v) is 1.76. The van der Waals surface area contributed by atoms with Gasteiger partial charge in [0.25, 0.3) is 0 Å². The van der Waals surface area contributed by atoms with Crippen molar-refractivity contribution in [2.24, 2.45) is 0 Å². The van der Waals surface area contributed by atoms with E-state index >= 15 is 0 Å². The Morgan fingerprint density at radius 1 is 1.14 bits per heavy atom. The van der Waals surface area contributed by atoms with Gasteiger partial charge >= 0.3 is 0 Å². The molecule has 0 aliphatic rings. The van der Waals surface area contributed by atoms with E-state index in [-0.39, 0.29) is 23.2 Å². The third-order valence-corrected chi connectivity index (χ3v) is 2.76. The van der Waals surface area contributed by atoms with Crippen molar-refractivity contribution in [3.05, 3.63) is 41.7 Å². The summed E-state index contributed by atoms with van der Waals surface area (Å²) in [5.74, 6) is 0.857. The topological polar surface area (TPSA) is 70.5 Å². The second-order valence-corrected chi connectivity index (χ2v) is 4.06. The summed E-state index contributed by atoms with van der Waals surface area (Å²) in [5.41, 5.74) is 0.624. The van der Waals surface area contributed by atoms with Crippen LogP contribution in [0.1, 0.15) is 23.0 Å². The molecule has 0 aliphatic carbocycles. The minimum absolute atomic E-state index is 0.133. The number of carbonyl (C=O) groups is 1. The Morgan fingerprint density at radius 3 is 2.43 bits per heavy atom. The summed E-state index contributed by atoms with van der Waals surface area (Å²) in [6.07, 6.45) is 1.38. The van der Waals surface area contributed by atoms with E-state index in [1.807, 2.05) is 6.92 Å². The number of rotatable bonds is 6. The van der Waals surface area contributed by atoms with Crippen LogP contribution in [0.15, 0.2) is 30.5 Å². The predicted molar refractivity (Wildman–Crippen MR) is 76.2 cm³/mol. The zero-order valence-electron chi connectivity index (χ0n) is 12.1. The molecule has 0 unspecified atom stereocenters. The Morgan fingerprint density at radius 2 is 1.86 bits per heavy atom. The van der Waals surface area contributed by atoms with Crippen LogP contribution in [0.25, 0.3) is 0 Å². The van der Waals surface area contributed by atoms with Crippen molar-refractivity contribution in [3.8, 4) is 17.5 Å². The van der Waals surface area contributed by atoms with Crippen LogP contribution in [0.5, 0.6) is 17.5 Å². The summed E-state index contributed by atoms with van der Waals surface area (Å²) in [5, 5.41) is 0. The van der Waals surface area contributed by atoms with Crippen molar-refractivity contribution in [1.82, 2.24) is 9.97 Å². The molecule has 0 fully saturated rings. The predicted octanol–water partition coefficient (Wildman–Crippen LogP) is 2.12. The van der Waals surface area contributed by atoms with Gasteiger partial charge in [-0.15, -0.1) is 0 Å². The summed E-state index contributed by atoms with van der Waals surface area (Å²) in [6, 6.07) is 6.83. The highest BCUT2D eigenvalue weighted by Crippen LogP contribution is 2.21. The number of carbonyl (C=O) groups excluding carboxylic acids is 1. The molecule has 0 saturated heterocycles. The van der Waals surface area contributed by atoms with Gasteiger partial charge in [-0.3, -0.25) is 4.79 Å². The Labute approximate surface area is 122 Å². The van der Waals surface area contributed by atoms with Gasteiger partial charge in [-0.05, 0) is 31.2 Å². The molecule has 1 aromatic carbocycles. The molecule has 21 heavy (non-hydrogen) atoms. The average Bonchev–Trinajstić information content (AvgIpc) is 2.54. The monoisotopic (exact) mass is 288 g/mol. The van der Waals surface area contributed by atoms with E-state index in [1.54, 1.807) is 24.3 Å². The zero-order chi connectivity index (χ0) is 15.2. The smallest absolute Gasteiger partial charge is 0.247 e. The van der Waals surface area contributed by atoms with Gasteiger partial charge in [0.1, 0.15) is 5.75 Å². The summed E-state index contributed by atoms with van der Waals surface area (Å²) in [6.45, 7) is 2.47. The van der Waals surface area contributed by atoms with Crippen molar-refractivity contribution >= 4 is 5.78 Å². The number of ether oxygens (including phenoxy) is 3. The first kappa shape index (κ1) is 14.8. The Hall–Kier alpha value is -2.63. The van der Waals surface area contributed by atoms with Gasteiger partial charge < -0.3 is 14.2 Å². The third kappa shape index (κ3) is 3.28. The van der Waals surface area contributed by atoms with Gasteiger partial charge in [-0.25, -0.2) is 4.98 Å². The van der Waals surface area contributed by atoms with Crippen molar-refractivity contribution in [1.29, 1.82) is 0 Å². The zero-order valence-corrected chi connectivity index (χ0v) is 12.1. The number of hydrogen-bond acceptors (Lipinski definition) is 6. The molecule has 6 heteroatoms. The van der Waals surface area contributed by atoms with Crippen molar-refractivity contribution in [3.63, 3.8) is 0 Å². The normalized spacial score (nSPS) is 10.0. The standard InChI is InChI=1S/C15H16N2O4/c1-4-21-11-7-5-10(6-8-11)14(18)13-15(20-3)17-12(19-2)9-16-13/h5-9H,4H2,1-3H3. The molecule has 2 aromatic rings. The molecule has 2 rings (SSSR count). The van der Waals surface area contributed by atoms with Crippen LogP contribution in [0.3, 0.4) is 0 Å². The van der Waals surface area contributed by atoms with E-state index in [9.17, 15) is 4.79 Å². The van der Waals surface area contributed by atoms with Gasteiger partial charge in [0.15, 0.2) is 5.69 Å². The molecule has 0 aliphatic heterocycles. The van der Waals surface area contributed by atoms with Crippen LogP contribution in [-0.4, -0.2) is 36.6 Å². The fourth-order valence-electron chi connectivity index (χ4n) is 1.76. The molecule has 6 nitrogen and oxygen atoms in total. The molecule has 0 bridgehead atoms. The van der Waals surface area contributed by atoms with Crippen LogP contribution >= 0.6 is 0 Å². The lowest BCUT2D eigenvalue weighted by Crippen LogP contribution is -2.08. The summed E-state index contributed by atoms with van der Waals surface area (Å²) in [7, 11) is 2.90. The minimum Gasteiger partial charge on any atom is -0.494 e. The molecule has 0 amide bonds. The first-order valence-electron chi connectivity index (χ1n) is 6.42. The van der Waals surface area contributed by atoms with Crippen LogP contribution in [0, 0.1) is 0 Å². The molecule has 1 aromatic heterocycles. The van der Waals surface area contributed by atoms with Gasteiger partial charge in [0.05, 0.1) is 27.0 Å². The maximum Gasteiger partial charge on any atom is 0.247 e. The molecule has 0 atom stereocenters. The highest BCUT2D eigenvalue weighted by Gasteiger charge is 2.18. The summed E-state index contributed by atoms with van der Waals surface area (Å²) in [4.78, 5) is 20.5. The Kier molecular flexibility index (Phi) is 4.71. The van der Waals surface area contributed by atoms with Crippen LogP contribution in [0.2, 0.25) is 0 Å². The molecule has 0 radical (unpaired) electrons. The number of nitrogens with zero attached hydrogens (tertiary/aromatic N) is 2. The number of ketones is 1. The summed E-state index contributed by atoms with van der Waals surface area (Å²) >= 11 is 0. The lowest BCUT2D eigenvalue weighted by Gasteiger charge is -2.08. The fraction of sp³-hybridized carbons (Fsp3) is 0.267. The van der Waals surface area contributed by atoms with E-state index < -0.39 is 0 Å². The van der Waals surface area contributed by atoms with Crippen LogP contribution < -0.4 is 14.2 Å². The number of hydrogen-bond donors (Lipinski definition) is 0. The molecule has 0 N–H and O–H groups in total. The molecular weight excluding hydrogens is 272 g/mol. The average molecular weight is 288 g/mol. The number of benzene rings is 1. The van der Waals surface area contributed by atoms with E-state index in [1.165, 1.54) is 20.4 Å². The number of methoxy groups -OCH3 is 2. The highest BCUT2D eigenvalue weighted by molar-refractivity contribution is 6.09. The first-order valence-corrected chi connectivity index (χ1v) is 6.42. The second-order valence-electron chi connectivity index (χ2n) is 4.06. The van der Waals surface area contributed by atoms with E-state index in [4.69, 9.17) is 14.2 Å². The molecular formula is C15H16N2O4. The Balaban J connectivity index is 2.30. The lowest BCUT2D eigenvalue weighted by atomic mass is 10.1. The second kappa shape index (κ2) is 6.69. The van der Waals surface area contributed by atoms with Gasteiger partial charge in [0.2, 0.25) is 17.5 Å². The molecule has 0 spiro atoms. The molecule has 110 valence electrons. The van der Waals surface area contributed by atoms with Crippen molar-refractivity contribution in [2.45, 2.75) is 6.92 Å². The van der Waals surface area contributed by atoms with E-state index in [0.717, 1.165) is 0 Å². The Bertz CT molecular complexity index is 626. The van der Waals surface area contributed by atoms with E-state index in [2.05, 4.69) is 9.97 Å². The van der Waals surface area contributed by atoms with Crippen molar-refractivity contribution in [2.75, 3.05) is 20.8 Å². The lowest BCUT2D eigenvalue weighted by molar-refractivity contribution is 0.103. The third-order valence-electron chi connectivity index (χ3n) is 2.76. The van der Waals surface area contributed by atoms with E-state index in [0.29, 0.717) is 17.9 Å². The number of aromatic nitrogens is 2. The minimum atomic E-state index is -0.273. The quantitative estimate of drug-likeness (QED) is 0.758. The summed E-state index contributed by atoms with van der Waals surface area (Å²) < 4.78 is 15.4. The largest absolute Gasteiger partial charge is 0.494 e. The van der Waals surface area contributed by atoms with Crippen molar-refractivity contribution < 1.29 is 19.0 Å².